The minimum atomic E-state index is -0.780. The summed E-state index contributed by atoms with van der Waals surface area (Å²) < 4.78 is 4.68. The molecule has 0 aromatic heterocycles. The lowest BCUT2D eigenvalue weighted by Crippen LogP contribution is -2.44. The zero-order valence-corrected chi connectivity index (χ0v) is 10.9. The van der Waals surface area contributed by atoms with E-state index in [-0.39, 0.29) is 12.5 Å². The minimum Gasteiger partial charge on any atom is -0.459 e. The molecule has 1 rings (SSSR count). The number of nitrogens with one attached hydrogen (secondary N) is 1. The van der Waals surface area contributed by atoms with Gasteiger partial charge in [0.25, 0.3) is 0 Å². The third kappa shape index (κ3) is 4.35. The van der Waals surface area contributed by atoms with Gasteiger partial charge in [-0.05, 0) is 25.7 Å². The maximum atomic E-state index is 11.6. The molecular formula is C12H20N2O4. The van der Waals surface area contributed by atoms with Crippen LogP contribution in [0, 0.1) is 5.92 Å². The van der Waals surface area contributed by atoms with E-state index in [1.807, 2.05) is 0 Å². The van der Waals surface area contributed by atoms with Gasteiger partial charge < -0.3 is 15.0 Å². The van der Waals surface area contributed by atoms with E-state index in [0.717, 1.165) is 12.8 Å². The molecule has 0 aliphatic carbocycles. The van der Waals surface area contributed by atoms with Gasteiger partial charge in [-0.2, -0.15) is 0 Å². The van der Waals surface area contributed by atoms with Crippen molar-refractivity contribution in [2.75, 3.05) is 26.2 Å². The number of likely N-dealkylation sites (tertiary alicyclic amines) is 1. The molecule has 1 fully saturated rings. The fourth-order valence-corrected chi connectivity index (χ4v) is 1.95. The molecule has 0 radical (unpaired) electrons. The lowest BCUT2D eigenvalue weighted by Gasteiger charge is -2.31. The molecule has 6 heteroatoms. The van der Waals surface area contributed by atoms with E-state index in [9.17, 15) is 14.4 Å². The number of rotatable bonds is 3. The summed E-state index contributed by atoms with van der Waals surface area (Å²) in [5.74, 6) is -1.01. The Morgan fingerprint density at radius 2 is 1.89 bits per heavy atom. The fourth-order valence-electron chi connectivity index (χ4n) is 1.95. The topological polar surface area (TPSA) is 75.7 Å². The monoisotopic (exact) mass is 256 g/mol. The standard InChI is InChI=1S/C12H20N2O4/c1-3-18-12(17)11(16)14-6-4-10(5-7-14)8-13-9(2)15/h10H,3-8H2,1-2H3,(H,13,15). The highest BCUT2D eigenvalue weighted by atomic mass is 16.5. The van der Waals surface area contributed by atoms with Gasteiger partial charge in [0.2, 0.25) is 5.91 Å². The molecule has 102 valence electrons. The molecule has 1 N–H and O–H groups in total. The molecule has 0 spiro atoms. The van der Waals surface area contributed by atoms with Gasteiger partial charge in [-0.1, -0.05) is 0 Å². The van der Waals surface area contributed by atoms with Gasteiger partial charge in [0.15, 0.2) is 0 Å². The van der Waals surface area contributed by atoms with Gasteiger partial charge in [-0.3, -0.25) is 9.59 Å². The van der Waals surface area contributed by atoms with E-state index < -0.39 is 11.9 Å². The fraction of sp³-hybridized carbons (Fsp3) is 0.750. The first-order chi connectivity index (χ1) is 8.54. The van der Waals surface area contributed by atoms with Crippen LogP contribution in [-0.4, -0.2) is 48.9 Å². The van der Waals surface area contributed by atoms with E-state index in [2.05, 4.69) is 10.1 Å². The van der Waals surface area contributed by atoms with Gasteiger partial charge in [-0.15, -0.1) is 0 Å². The van der Waals surface area contributed by atoms with Crippen LogP contribution in [0.15, 0.2) is 0 Å². The quantitative estimate of drug-likeness (QED) is 0.566. The Morgan fingerprint density at radius 1 is 1.28 bits per heavy atom. The molecule has 1 heterocycles. The summed E-state index contributed by atoms with van der Waals surface area (Å²) in [5, 5.41) is 2.77. The molecule has 0 unspecified atom stereocenters. The molecule has 0 aromatic rings. The molecule has 0 atom stereocenters. The average molecular weight is 256 g/mol. The van der Waals surface area contributed by atoms with Crippen LogP contribution < -0.4 is 5.32 Å². The molecule has 18 heavy (non-hydrogen) atoms. The summed E-state index contributed by atoms with van der Waals surface area (Å²) in [5.41, 5.74) is 0. The van der Waals surface area contributed by atoms with Crippen LogP contribution in [0.5, 0.6) is 0 Å². The largest absolute Gasteiger partial charge is 0.459 e. The molecule has 6 nitrogen and oxygen atoms in total. The van der Waals surface area contributed by atoms with Crippen LogP contribution in [0.3, 0.4) is 0 Å². The molecule has 0 bridgehead atoms. The van der Waals surface area contributed by atoms with Gasteiger partial charge in [0.05, 0.1) is 6.61 Å². The predicted molar refractivity (Wildman–Crippen MR) is 64.6 cm³/mol. The number of hydrogen-bond acceptors (Lipinski definition) is 4. The Kier molecular flexibility index (Phi) is 5.61. The van der Waals surface area contributed by atoms with Crippen LogP contribution in [0.4, 0.5) is 0 Å². The lowest BCUT2D eigenvalue weighted by atomic mass is 9.97. The number of ether oxygens (including phenoxy) is 1. The molecule has 1 aliphatic rings. The van der Waals surface area contributed by atoms with Gasteiger partial charge in [0, 0.05) is 26.6 Å². The average Bonchev–Trinajstić information content (AvgIpc) is 2.36. The maximum Gasteiger partial charge on any atom is 0.397 e. The number of nitrogens with zero attached hydrogens (tertiary/aromatic N) is 1. The highest BCUT2D eigenvalue weighted by Gasteiger charge is 2.27. The second-order valence-corrected chi connectivity index (χ2v) is 4.39. The SMILES string of the molecule is CCOC(=O)C(=O)N1CCC(CNC(C)=O)CC1. The Balaban J connectivity index is 2.32. The molecule has 1 aliphatic heterocycles. The van der Waals surface area contributed by atoms with Crippen molar-refractivity contribution in [3.63, 3.8) is 0 Å². The van der Waals surface area contributed by atoms with Crippen molar-refractivity contribution >= 4 is 17.8 Å². The molecule has 2 amide bonds. The summed E-state index contributed by atoms with van der Waals surface area (Å²) in [6.45, 7) is 5.09. The highest BCUT2D eigenvalue weighted by Crippen LogP contribution is 2.16. The number of amides is 2. The first-order valence-corrected chi connectivity index (χ1v) is 6.25. The van der Waals surface area contributed by atoms with Crippen molar-refractivity contribution < 1.29 is 19.1 Å². The normalized spacial score (nSPS) is 16.2. The number of hydrogen-bond donors (Lipinski definition) is 1. The summed E-state index contributed by atoms with van der Waals surface area (Å²) in [4.78, 5) is 35.2. The number of piperidine rings is 1. The Morgan fingerprint density at radius 3 is 2.39 bits per heavy atom. The summed E-state index contributed by atoms with van der Waals surface area (Å²) in [7, 11) is 0. The summed E-state index contributed by atoms with van der Waals surface area (Å²) in [6.07, 6.45) is 1.59. The van der Waals surface area contributed by atoms with Crippen molar-refractivity contribution in [1.82, 2.24) is 10.2 Å². The van der Waals surface area contributed by atoms with E-state index >= 15 is 0 Å². The van der Waals surface area contributed by atoms with Gasteiger partial charge in [-0.25, -0.2) is 4.79 Å². The summed E-state index contributed by atoms with van der Waals surface area (Å²) >= 11 is 0. The van der Waals surface area contributed by atoms with Crippen molar-refractivity contribution in [3.8, 4) is 0 Å². The zero-order valence-electron chi connectivity index (χ0n) is 10.9. The molecule has 0 saturated carbocycles. The van der Waals surface area contributed by atoms with Gasteiger partial charge in [0.1, 0.15) is 0 Å². The van der Waals surface area contributed by atoms with E-state index in [1.54, 1.807) is 6.92 Å². The van der Waals surface area contributed by atoms with Gasteiger partial charge >= 0.3 is 11.9 Å². The van der Waals surface area contributed by atoms with Crippen LogP contribution in [0.25, 0.3) is 0 Å². The van der Waals surface area contributed by atoms with E-state index in [1.165, 1.54) is 11.8 Å². The van der Waals surface area contributed by atoms with Crippen molar-refractivity contribution in [1.29, 1.82) is 0 Å². The van der Waals surface area contributed by atoms with Crippen LogP contribution >= 0.6 is 0 Å². The Bertz CT molecular complexity index is 322. The number of carbonyl (C=O) groups excluding carboxylic acids is 3. The van der Waals surface area contributed by atoms with Crippen molar-refractivity contribution in [2.24, 2.45) is 5.92 Å². The number of carbonyl (C=O) groups is 3. The first-order valence-electron chi connectivity index (χ1n) is 6.25. The second kappa shape index (κ2) is 6.98. The Labute approximate surface area is 107 Å². The van der Waals surface area contributed by atoms with Crippen LogP contribution in [0.1, 0.15) is 26.7 Å². The lowest BCUT2D eigenvalue weighted by molar-refractivity contribution is -0.160. The van der Waals surface area contributed by atoms with Crippen molar-refractivity contribution in [2.45, 2.75) is 26.7 Å². The molecule has 0 aromatic carbocycles. The first kappa shape index (κ1) is 14.5. The predicted octanol–water partition coefficient (Wildman–Crippen LogP) is -0.0758. The van der Waals surface area contributed by atoms with Crippen LogP contribution in [-0.2, 0) is 19.1 Å². The van der Waals surface area contributed by atoms with Crippen molar-refractivity contribution in [3.05, 3.63) is 0 Å². The smallest absolute Gasteiger partial charge is 0.397 e. The molecular weight excluding hydrogens is 236 g/mol. The summed E-state index contributed by atoms with van der Waals surface area (Å²) in [6, 6.07) is 0. The Hall–Kier alpha value is -1.59. The minimum absolute atomic E-state index is 0.0416. The van der Waals surface area contributed by atoms with Crippen LogP contribution in [0.2, 0.25) is 0 Å². The van der Waals surface area contributed by atoms with E-state index in [4.69, 9.17) is 0 Å². The maximum absolute atomic E-state index is 11.6. The second-order valence-electron chi connectivity index (χ2n) is 4.39. The van der Waals surface area contributed by atoms with E-state index in [0.29, 0.717) is 25.6 Å². The third-order valence-corrected chi connectivity index (χ3v) is 2.99. The molecule has 1 saturated heterocycles. The zero-order chi connectivity index (χ0) is 13.5. The highest BCUT2D eigenvalue weighted by molar-refractivity contribution is 6.32. The third-order valence-electron chi connectivity index (χ3n) is 2.99. The number of esters is 1.